The fraction of sp³-hybridized carbons (Fsp3) is 0.500. The van der Waals surface area contributed by atoms with E-state index >= 15 is 0 Å². The van der Waals surface area contributed by atoms with Crippen LogP contribution in [-0.2, 0) is 4.79 Å². The third-order valence-corrected chi connectivity index (χ3v) is 3.99. The summed E-state index contributed by atoms with van der Waals surface area (Å²) in [5.41, 5.74) is 1.03. The number of benzene rings is 1. The lowest BCUT2D eigenvalue weighted by Crippen LogP contribution is -2.54. The van der Waals surface area contributed by atoms with Crippen LogP contribution in [0.3, 0.4) is 0 Å². The van der Waals surface area contributed by atoms with Crippen molar-refractivity contribution in [1.82, 2.24) is 0 Å². The highest BCUT2D eigenvalue weighted by atomic mass is 16.6. The number of Topliss-reactive ketones (excluding diaryl/α,β-unsaturated/α-hetero) is 1. The lowest BCUT2D eigenvalue weighted by Gasteiger charge is -2.45. The van der Waals surface area contributed by atoms with Gasteiger partial charge in [-0.1, -0.05) is 25.1 Å². The van der Waals surface area contributed by atoms with E-state index in [-0.39, 0.29) is 11.7 Å². The average Bonchev–Trinajstić information content (AvgIpc) is 2.28. The first-order valence-electron chi connectivity index (χ1n) is 6.15. The number of rotatable bonds is 0. The van der Waals surface area contributed by atoms with Gasteiger partial charge in [0.2, 0.25) is 5.79 Å². The van der Waals surface area contributed by atoms with Gasteiger partial charge in [-0.2, -0.15) is 0 Å². The van der Waals surface area contributed by atoms with Crippen molar-refractivity contribution in [2.24, 2.45) is 5.92 Å². The molecule has 17 heavy (non-hydrogen) atoms. The summed E-state index contributed by atoms with van der Waals surface area (Å²) in [6, 6.07) is 7.66. The molecule has 1 heterocycles. The van der Waals surface area contributed by atoms with Crippen LogP contribution in [-0.4, -0.2) is 16.7 Å². The molecule has 0 unspecified atom stereocenters. The average molecular weight is 232 g/mol. The van der Waals surface area contributed by atoms with Crippen LogP contribution in [0.5, 0.6) is 5.75 Å². The Hall–Kier alpha value is -1.35. The van der Waals surface area contributed by atoms with Crippen LogP contribution in [0.4, 0.5) is 0 Å². The Morgan fingerprint density at radius 1 is 1.41 bits per heavy atom. The molecule has 1 aliphatic carbocycles. The van der Waals surface area contributed by atoms with E-state index in [0.29, 0.717) is 25.0 Å². The van der Waals surface area contributed by atoms with Crippen molar-refractivity contribution < 1.29 is 14.6 Å². The summed E-state index contributed by atoms with van der Waals surface area (Å²) < 4.78 is 5.70. The zero-order chi connectivity index (χ0) is 12.0. The van der Waals surface area contributed by atoms with Crippen LogP contribution in [0, 0.1) is 5.92 Å². The molecule has 0 aromatic heterocycles. The summed E-state index contributed by atoms with van der Waals surface area (Å²) in [5, 5.41) is 10.5. The Morgan fingerprint density at radius 2 is 2.18 bits per heavy atom. The summed E-state index contributed by atoms with van der Waals surface area (Å²) in [6.45, 7) is 2.00. The zero-order valence-corrected chi connectivity index (χ0v) is 9.85. The second kappa shape index (κ2) is 3.57. The second-order valence-corrected chi connectivity index (χ2v) is 5.07. The molecular weight excluding hydrogens is 216 g/mol. The highest BCUT2D eigenvalue weighted by molar-refractivity contribution is 5.84. The number of ketones is 1. The van der Waals surface area contributed by atoms with Crippen LogP contribution in [0.2, 0.25) is 0 Å². The first kappa shape index (κ1) is 10.8. The van der Waals surface area contributed by atoms with Gasteiger partial charge in [0, 0.05) is 18.8 Å². The van der Waals surface area contributed by atoms with E-state index in [0.717, 1.165) is 5.56 Å². The van der Waals surface area contributed by atoms with Gasteiger partial charge in [-0.05, 0) is 18.1 Å². The van der Waals surface area contributed by atoms with Gasteiger partial charge in [0.15, 0.2) is 0 Å². The molecule has 0 saturated heterocycles. The van der Waals surface area contributed by atoms with Gasteiger partial charge in [-0.25, -0.2) is 0 Å². The highest BCUT2D eigenvalue weighted by Gasteiger charge is 2.52. The van der Waals surface area contributed by atoms with Crippen molar-refractivity contribution in [1.29, 1.82) is 0 Å². The van der Waals surface area contributed by atoms with Crippen LogP contribution in [0.25, 0.3) is 0 Å². The van der Waals surface area contributed by atoms with E-state index in [2.05, 4.69) is 0 Å². The number of carbonyl (C=O) groups excluding carboxylic acids is 1. The molecule has 0 radical (unpaired) electrons. The Labute approximate surface area is 100 Å². The molecule has 3 nitrogen and oxygen atoms in total. The van der Waals surface area contributed by atoms with Crippen molar-refractivity contribution in [2.45, 2.75) is 37.9 Å². The lowest BCUT2D eigenvalue weighted by molar-refractivity contribution is -0.207. The Balaban J connectivity index is 2.10. The molecule has 3 rings (SSSR count). The first-order valence-corrected chi connectivity index (χ1v) is 6.15. The van der Waals surface area contributed by atoms with Crippen molar-refractivity contribution in [3.05, 3.63) is 29.8 Å². The summed E-state index contributed by atoms with van der Waals surface area (Å²) in [6.07, 6.45) is 1.81. The predicted octanol–water partition coefficient (Wildman–Crippen LogP) is 2.24. The number of fused-ring (bicyclic) bond motifs is 2. The molecule has 1 aromatic rings. The molecule has 3 atom stereocenters. The lowest BCUT2D eigenvalue weighted by atomic mass is 9.71. The van der Waals surface area contributed by atoms with Crippen LogP contribution < -0.4 is 4.74 Å². The molecule has 1 fully saturated rings. The minimum atomic E-state index is -1.29. The summed E-state index contributed by atoms with van der Waals surface area (Å²) in [7, 11) is 0. The van der Waals surface area contributed by atoms with Gasteiger partial charge in [-0.15, -0.1) is 0 Å². The normalized spacial score (nSPS) is 35.8. The number of carbonyl (C=O) groups is 1. The minimum absolute atomic E-state index is 0.0257. The number of ether oxygens (including phenoxy) is 1. The van der Waals surface area contributed by atoms with Gasteiger partial charge >= 0.3 is 0 Å². The first-order chi connectivity index (χ1) is 8.12. The molecule has 90 valence electrons. The van der Waals surface area contributed by atoms with Crippen molar-refractivity contribution >= 4 is 5.78 Å². The highest BCUT2D eigenvalue weighted by Crippen LogP contribution is 2.48. The van der Waals surface area contributed by atoms with E-state index in [1.165, 1.54) is 0 Å². The fourth-order valence-electron chi connectivity index (χ4n) is 3.18. The molecule has 1 aromatic carbocycles. The molecule has 0 spiro atoms. The van der Waals surface area contributed by atoms with E-state index in [1.54, 1.807) is 0 Å². The quantitative estimate of drug-likeness (QED) is 0.746. The molecule has 2 aliphatic rings. The third kappa shape index (κ3) is 1.49. The molecule has 1 saturated carbocycles. The third-order valence-electron chi connectivity index (χ3n) is 3.99. The number of hydrogen-bond donors (Lipinski definition) is 1. The number of hydrogen-bond acceptors (Lipinski definition) is 3. The molecule has 3 heteroatoms. The van der Waals surface area contributed by atoms with Gasteiger partial charge in [-0.3, -0.25) is 4.79 Å². The Kier molecular flexibility index (Phi) is 2.26. The predicted molar refractivity (Wildman–Crippen MR) is 62.8 cm³/mol. The summed E-state index contributed by atoms with van der Waals surface area (Å²) in [5.74, 6) is -0.832. The largest absolute Gasteiger partial charge is 0.461 e. The van der Waals surface area contributed by atoms with Gasteiger partial charge in [0.1, 0.15) is 11.5 Å². The van der Waals surface area contributed by atoms with Crippen molar-refractivity contribution in [3.63, 3.8) is 0 Å². The second-order valence-electron chi connectivity index (χ2n) is 5.07. The van der Waals surface area contributed by atoms with Crippen LogP contribution >= 0.6 is 0 Å². The van der Waals surface area contributed by atoms with Crippen molar-refractivity contribution in [2.75, 3.05) is 0 Å². The van der Waals surface area contributed by atoms with Gasteiger partial charge in [0.25, 0.3) is 0 Å². The molecule has 1 aliphatic heterocycles. The maximum Gasteiger partial charge on any atom is 0.218 e. The minimum Gasteiger partial charge on any atom is -0.461 e. The van der Waals surface area contributed by atoms with Crippen LogP contribution in [0.1, 0.15) is 37.7 Å². The van der Waals surface area contributed by atoms with E-state index in [1.807, 2.05) is 31.2 Å². The van der Waals surface area contributed by atoms with E-state index < -0.39 is 11.7 Å². The zero-order valence-electron chi connectivity index (χ0n) is 9.85. The van der Waals surface area contributed by atoms with Gasteiger partial charge < -0.3 is 9.84 Å². The summed E-state index contributed by atoms with van der Waals surface area (Å²) in [4.78, 5) is 12.0. The van der Waals surface area contributed by atoms with E-state index in [4.69, 9.17) is 4.74 Å². The maximum absolute atomic E-state index is 12.0. The molecular formula is C14H16O3. The van der Waals surface area contributed by atoms with Crippen LogP contribution in [0.15, 0.2) is 24.3 Å². The topological polar surface area (TPSA) is 46.5 Å². The number of para-hydroxylation sites is 1. The molecule has 1 N–H and O–H groups in total. The monoisotopic (exact) mass is 232 g/mol. The molecule has 0 bridgehead atoms. The van der Waals surface area contributed by atoms with Crippen molar-refractivity contribution in [3.8, 4) is 5.75 Å². The smallest absolute Gasteiger partial charge is 0.218 e. The molecule has 0 amide bonds. The standard InChI is InChI=1S/C14H16O3/c1-9-10-5-2-3-7-12(10)17-14(16)8-4-6-11(15)13(9)14/h2-3,5,7,9,13,16H,4,6,8H2,1H3/t9-,13-,14-/m1/s1. The fourth-order valence-corrected chi connectivity index (χ4v) is 3.18. The Morgan fingerprint density at radius 3 is 3.00 bits per heavy atom. The SMILES string of the molecule is C[C@@H]1c2ccccc2O[C@]2(O)CCCC(=O)[C@@H]12. The summed E-state index contributed by atoms with van der Waals surface area (Å²) >= 11 is 0. The van der Waals surface area contributed by atoms with Gasteiger partial charge in [0.05, 0.1) is 5.92 Å². The maximum atomic E-state index is 12.0. The van der Waals surface area contributed by atoms with E-state index in [9.17, 15) is 9.90 Å². The Bertz CT molecular complexity index is 468. The number of aliphatic hydroxyl groups is 1.